The van der Waals surface area contributed by atoms with Gasteiger partial charge in [0.2, 0.25) is 5.91 Å². The first kappa shape index (κ1) is 18.6. The number of hydrogen-bond acceptors (Lipinski definition) is 5. The molecule has 0 spiro atoms. The van der Waals surface area contributed by atoms with Crippen molar-refractivity contribution in [1.82, 2.24) is 15.3 Å². The zero-order valence-electron chi connectivity index (χ0n) is 16.0. The molecular weight excluding hydrogens is 362 g/mol. The van der Waals surface area contributed by atoms with Crippen LogP contribution in [0.5, 0.6) is 0 Å². The Labute approximate surface area is 162 Å². The summed E-state index contributed by atoms with van der Waals surface area (Å²) in [6.07, 6.45) is 6.04. The number of nitrogens with zero attached hydrogens (tertiary/aromatic N) is 1. The van der Waals surface area contributed by atoms with E-state index in [2.05, 4.69) is 22.2 Å². The van der Waals surface area contributed by atoms with Crippen LogP contribution in [0.2, 0.25) is 0 Å². The largest absolute Gasteiger partial charge is 0.376 e. The summed E-state index contributed by atoms with van der Waals surface area (Å²) >= 11 is 1.65. The molecule has 4 rings (SSSR count). The van der Waals surface area contributed by atoms with Gasteiger partial charge in [0.1, 0.15) is 10.7 Å². The average molecular weight is 390 g/mol. The second-order valence-electron chi connectivity index (χ2n) is 7.95. The number of H-pyrrole nitrogens is 1. The molecule has 0 aromatic carbocycles. The van der Waals surface area contributed by atoms with Gasteiger partial charge in [0.15, 0.2) is 0 Å². The van der Waals surface area contributed by atoms with Crippen LogP contribution in [-0.2, 0) is 28.8 Å². The van der Waals surface area contributed by atoms with Gasteiger partial charge in [-0.3, -0.25) is 9.59 Å². The number of carbonyl (C=O) groups excluding carboxylic acids is 1. The van der Waals surface area contributed by atoms with Crippen LogP contribution in [0.1, 0.15) is 55.8 Å². The van der Waals surface area contributed by atoms with Crippen LogP contribution in [0, 0.1) is 5.92 Å². The minimum Gasteiger partial charge on any atom is -0.376 e. The third-order valence-corrected chi connectivity index (χ3v) is 6.86. The number of rotatable bonds is 5. The predicted octanol–water partition coefficient (Wildman–Crippen LogP) is 2.73. The SMILES string of the molecule is C[C@@H]1CCc2c(sc3nc(CCC(=O)N[C@@H](C)[C@@H]4CCCO4)[nH]c(=O)c23)C1. The van der Waals surface area contributed by atoms with E-state index in [1.165, 1.54) is 10.4 Å². The summed E-state index contributed by atoms with van der Waals surface area (Å²) in [4.78, 5) is 34.5. The van der Waals surface area contributed by atoms with E-state index in [1.54, 1.807) is 11.3 Å². The second-order valence-corrected chi connectivity index (χ2v) is 9.04. The molecule has 2 aliphatic rings. The molecule has 0 unspecified atom stereocenters. The number of aryl methyl sites for hydroxylation is 2. The van der Waals surface area contributed by atoms with E-state index >= 15 is 0 Å². The first-order valence-electron chi connectivity index (χ1n) is 9.95. The normalized spacial score (nSPS) is 23.3. The zero-order valence-corrected chi connectivity index (χ0v) is 16.8. The summed E-state index contributed by atoms with van der Waals surface area (Å²) in [7, 11) is 0. The fraction of sp³-hybridized carbons (Fsp3) is 0.650. The van der Waals surface area contributed by atoms with E-state index in [4.69, 9.17) is 4.74 Å². The summed E-state index contributed by atoms with van der Waals surface area (Å²) in [5, 5.41) is 3.77. The lowest BCUT2D eigenvalue weighted by Gasteiger charge is -2.19. The molecule has 2 aromatic heterocycles. The highest BCUT2D eigenvalue weighted by atomic mass is 32.1. The van der Waals surface area contributed by atoms with E-state index in [0.29, 0.717) is 24.6 Å². The maximum atomic E-state index is 12.6. The Hall–Kier alpha value is -1.73. The van der Waals surface area contributed by atoms with E-state index in [1.807, 2.05) is 6.92 Å². The summed E-state index contributed by atoms with van der Waals surface area (Å²) in [6, 6.07) is 0.0144. The molecular formula is C20H27N3O3S. The number of aromatic amines is 1. The van der Waals surface area contributed by atoms with Crippen molar-refractivity contribution in [3.05, 3.63) is 26.6 Å². The Morgan fingerprint density at radius 3 is 3.07 bits per heavy atom. The fourth-order valence-corrected chi connectivity index (χ4v) is 5.56. The highest BCUT2D eigenvalue weighted by Crippen LogP contribution is 2.35. The Balaban J connectivity index is 1.43. The van der Waals surface area contributed by atoms with Gasteiger partial charge < -0.3 is 15.0 Å². The third kappa shape index (κ3) is 3.94. The number of carbonyl (C=O) groups is 1. The summed E-state index contributed by atoms with van der Waals surface area (Å²) in [5.41, 5.74) is 1.13. The molecule has 27 heavy (non-hydrogen) atoms. The predicted molar refractivity (Wildman–Crippen MR) is 106 cm³/mol. The van der Waals surface area contributed by atoms with Crippen LogP contribution >= 0.6 is 11.3 Å². The van der Waals surface area contributed by atoms with Crippen molar-refractivity contribution >= 4 is 27.5 Å². The number of hydrogen-bond donors (Lipinski definition) is 2. The highest BCUT2D eigenvalue weighted by molar-refractivity contribution is 7.18. The first-order valence-corrected chi connectivity index (χ1v) is 10.8. The molecule has 2 aromatic rings. The van der Waals surface area contributed by atoms with Crippen molar-refractivity contribution in [3.63, 3.8) is 0 Å². The second kappa shape index (κ2) is 7.72. The molecule has 0 saturated carbocycles. The van der Waals surface area contributed by atoms with Crippen molar-refractivity contribution in [1.29, 1.82) is 0 Å². The van der Waals surface area contributed by atoms with Crippen LogP contribution in [-0.4, -0.2) is 34.6 Å². The minimum atomic E-state index is -0.0600. The topological polar surface area (TPSA) is 84.1 Å². The smallest absolute Gasteiger partial charge is 0.259 e. The van der Waals surface area contributed by atoms with E-state index in [0.717, 1.165) is 48.9 Å². The molecule has 7 heteroatoms. The fourth-order valence-electron chi connectivity index (χ4n) is 4.16. The van der Waals surface area contributed by atoms with Crippen molar-refractivity contribution in [2.75, 3.05) is 6.61 Å². The van der Waals surface area contributed by atoms with Gasteiger partial charge in [-0.25, -0.2) is 4.98 Å². The zero-order chi connectivity index (χ0) is 19.0. The van der Waals surface area contributed by atoms with Gasteiger partial charge in [-0.15, -0.1) is 11.3 Å². The van der Waals surface area contributed by atoms with Crippen molar-refractivity contribution in [2.45, 2.75) is 70.9 Å². The molecule has 0 radical (unpaired) electrons. The monoisotopic (exact) mass is 389 g/mol. The molecule has 1 saturated heterocycles. The lowest BCUT2D eigenvalue weighted by atomic mass is 9.89. The summed E-state index contributed by atoms with van der Waals surface area (Å²) in [5.74, 6) is 1.23. The molecule has 146 valence electrons. The molecule has 3 heterocycles. The molecule has 1 aliphatic heterocycles. The van der Waals surface area contributed by atoms with Gasteiger partial charge in [0, 0.05) is 24.3 Å². The molecule has 6 nitrogen and oxygen atoms in total. The van der Waals surface area contributed by atoms with Gasteiger partial charge in [-0.1, -0.05) is 6.92 Å². The number of ether oxygens (including phenoxy) is 1. The van der Waals surface area contributed by atoms with Crippen LogP contribution in [0.4, 0.5) is 0 Å². The number of aromatic nitrogens is 2. The van der Waals surface area contributed by atoms with Gasteiger partial charge in [-0.05, 0) is 50.5 Å². The Bertz CT molecular complexity index is 898. The van der Waals surface area contributed by atoms with Gasteiger partial charge in [0.05, 0.1) is 17.5 Å². The maximum absolute atomic E-state index is 12.6. The maximum Gasteiger partial charge on any atom is 0.259 e. The number of fused-ring (bicyclic) bond motifs is 3. The average Bonchev–Trinajstić information content (AvgIpc) is 3.27. The van der Waals surface area contributed by atoms with Crippen molar-refractivity contribution in [3.8, 4) is 0 Å². The Morgan fingerprint density at radius 2 is 2.30 bits per heavy atom. The van der Waals surface area contributed by atoms with E-state index in [9.17, 15) is 9.59 Å². The standard InChI is InChI=1S/C20H27N3O3S/c1-11-5-6-13-15(10-11)27-20-18(13)19(25)22-16(23-20)7-8-17(24)21-12(2)14-4-3-9-26-14/h11-12,14H,3-10H2,1-2H3,(H,21,24)(H,22,23,25)/t11-,12+,14+/m1/s1. The molecule has 2 N–H and O–H groups in total. The van der Waals surface area contributed by atoms with Crippen LogP contribution in [0.3, 0.4) is 0 Å². The third-order valence-electron chi connectivity index (χ3n) is 5.71. The molecule has 0 bridgehead atoms. The summed E-state index contributed by atoms with van der Waals surface area (Å²) < 4.78 is 5.62. The Morgan fingerprint density at radius 1 is 1.44 bits per heavy atom. The molecule has 3 atom stereocenters. The first-order chi connectivity index (χ1) is 13.0. The van der Waals surface area contributed by atoms with Crippen molar-refractivity contribution in [2.24, 2.45) is 5.92 Å². The van der Waals surface area contributed by atoms with Crippen molar-refractivity contribution < 1.29 is 9.53 Å². The number of amides is 1. The molecule has 1 fully saturated rings. The molecule has 1 amide bonds. The van der Waals surface area contributed by atoms with Gasteiger partial charge >= 0.3 is 0 Å². The highest BCUT2D eigenvalue weighted by Gasteiger charge is 2.24. The van der Waals surface area contributed by atoms with E-state index < -0.39 is 0 Å². The van der Waals surface area contributed by atoms with Gasteiger partial charge in [-0.2, -0.15) is 0 Å². The van der Waals surface area contributed by atoms with E-state index in [-0.39, 0.29) is 23.6 Å². The van der Waals surface area contributed by atoms with Crippen LogP contribution in [0.15, 0.2) is 4.79 Å². The number of thiophene rings is 1. The van der Waals surface area contributed by atoms with Crippen LogP contribution < -0.4 is 10.9 Å². The lowest BCUT2D eigenvalue weighted by molar-refractivity contribution is -0.122. The minimum absolute atomic E-state index is 0.0144. The van der Waals surface area contributed by atoms with Crippen LogP contribution in [0.25, 0.3) is 10.2 Å². The lowest BCUT2D eigenvalue weighted by Crippen LogP contribution is -2.40. The quantitative estimate of drug-likeness (QED) is 0.824. The van der Waals surface area contributed by atoms with Gasteiger partial charge in [0.25, 0.3) is 5.56 Å². The number of nitrogens with one attached hydrogen (secondary N) is 2. The Kier molecular flexibility index (Phi) is 5.32. The summed E-state index contributed by atoms with van der Waals surface area (Å²) in [6.45, 7) is 5.02. The molecule has 1 aliphatic carbocycles.